The van der Waals surface area contributed by atoms with Gasteiger partial charge in [-0.05, 0) is 130 Å². The van der Waals surface area contributed by atoms with Crippen LogP contribution in [0, 0.1) is 52.3 Å². The van der Waals surface area contributed by atoms with Gasteiger partial charge >= 0.3 is 5.97 Å². The molecule has 0 spiro atoms. The number of hydrogen-bond donors (Lipinski definition) is 0. The second-order valence-electron chi connectivity index (χ2n) is 16.2. The van der Waals surface area contributed by atoms with Crippen molar-refractivity contribution >= 4 is 5.97 Å². The van der Waals surface area contributed by atoms with Crippen molar-refractivity contribution < 1.29 is 9.53 Å². The quantitative estimate of drug-likeness (QED) is 0.109. The van der Waals surface area contributed by atoms with Crippen LogP contribution in [-0.2, 0) is 9.53 Å². The molecular weight excluding hydrogens is 512 g/mol. The summed E-state index contributed by atoms with van der Waals surface area (Å²) in [6.45, 7) is 17.2. The summed E-state index contributed by atoms with van der Waals surface area (Å²) in [6, 6.07) is 0. The molecule has 9 unspecified atom stereocenters. The standard InChI is InChI=1S/C40H68O2/c1-8-10-11-12-13-14-15-16-17-38(41)42-33-24-26-39(6)32(28-33)20-21-34-36-23-22-35(40(36,7)27-25-37(34)39)30(5)18-19-31(9-2)29(3)4/h8,10,20,29-31,33-37H,9,11-19,21-28H2,1-7H3/b10-8-. The van der Waals surface area contributed by atoms with Crippen molar-refractivity contribution in [1.29, 1.82) is 0 Å². The first-order valence-electron chi connectivity index (χ1n) is 18.6. The predicted octanol–water partition coefficient (Wildman–Crippen LogP) is 11.9. The minimum Gasteiger partial charge on any atom is -0.462 e. The van der Waals surface area contributed by atoms with E-state index >= 15 is 0 Å². The van der Waals surface area contributed by atoms with Gasteiger partial charge in [-0.2, -0.15) is 0 Å². The lowest BCUT2D eigenvalue weighted by molar-refractivity contribution is -0.151. The highest BCUT2D eigenvalue weighted by Gasteiger charge is 2.59. The monoisotopic (exact) mass is 581 g/mol. The van der Waals surface area contributed by atoms with Gasteiger partial charge in [0.05, 0.1) is 0 Å². The Bertz CT molecular complexity index is 915. The van der Waals surface area contributed by atoms with Gasteiger partial charge in [0.15, 0.2) is 0 Å². The first-order valence-corrected chi connectivity index (χ1v) is 18.6. The summed E-state index contributed by atoms with van der Waals surface area (Å²) in [4.78, 5) is 12.7. The zero-order valence-electron chi connectivity index (χ0n) is 28.9. The summed E-state index contributed by atoms with van der Waals surface area (Å²) in [5.74, 6) is 6.15. The van der Waals surface area contributed by atoms with Crippen LogP contribution in [0.5, 0.6) is 0 Å². The maximum atomic E-state index is 12.7. The molecule has 0 saturated heterocycles. The van der Waals surface area contributed by atoms with Crippen molar-refractivity contribution in [3.05, 3.63) is 23.8 Å². The van der Waals surface area contributed by atoms with Crippen LogP contribution in [0.4, 0.5) is 0 Å². The van der Waals surface area contributed by atoms with E-state index in [1.54, 1.807) is 5.57 Å². The lowest BCUT2D eigenvalue weighted by atomic mass is 9.47. The highest BCUT2D eigenvalue weighted by Crippen LogP contribution is 2.67. The second-order valence-corrected chi connectivity index (χ2v) is 16.2. The number of ether oxygens (including phenoxy) is 1. The number of carbonyl (C=O) groups excluding carboxylic acids is 1. The van der Waals surface area contributed by atoms with Crippen LogP contribution in [0.3, 0.4) is 0 Å². The third-order valence-electron chi connectivity index (χ3n) is 13.6. The van der Waals surface area contributed by atoms with Gasteiger partial charge in [0, 0.05) is 12.8 Å². The van der Waals surface area contributed by atoms with E-state index in [9.17, 15) is 4.79 Å². The van der Waals surface area contributed by atoms with Crippen LogP contribution < -0.4 is 0 Å². The summed E-state index contributed by atoms with van der Waals surface area (Å²) in [5.41, 5.74) is 2.51. The lowest BCUT2D eigenvalue weighted by Gasteiger charge is -2.58. The molecule has 9 atom stereocenters. The van der Waals surface area contributed by atoms with E-state index in [-0.39, 0.29) is 12.1 Å². The number of fused-ring (bicyclic) bond motifs is 5. The molecule has 0 N–H and O–H groups in total. The molecule has 4 aliphatic carbocycles. The Morgan fingerprint density at radius 1 is 0.976 bits per heavy atom. The largest absolute Gasteiger partial charge is 0.462 e. The van der Waals surface area contributed by atoms with E-state index in [1.165, 1.54) is 83.5 Å². The molecule has 0 heterocycles. The Kier molecular flexibility index (Phi) is 12.3. The summed E-state index contributed by atoms with van der Waals surface area (Å²) >= 11 is 0. The molecule has 240 valence electrons. The number of allylic oxidation sites excluding steroid dienone is 3. The van der Waals surface area contributed by atoms with Crippen molar-refractivity contribution in [2.45, 2.75) is 170 Å². The molecule has 0 aliphatic heterocycles. The van der Waals surface area contributed by atoms with Crippen LogP contribution in [-0.4, -0.2) is 12.1 Å². The number of carbonyl (C=O) groups is 1. The fourth-order valence-corrected chi connectivity index (χ4v) is 10.9. The topological polar surface area (TPSA) is 26.3 Å². The molecule has 0 aromatic heterocycles. The SMILES string of the molecule is C/C=C\CCCCCCCC(=O)OC1CCC2(C)C(=CCC3C2CCC2(C)C(C(C)CCC(CC)C(C)C)CCC32)C1. The van der Waals surface area contributed by atoms with Crippen LogP contribution >= 0.6 is 0 Å². The third kappa shape index (κ3) is 7.59. The molecule has 0 radical (unpaired) electrons. The fourth-order valence-electron chi connectivity index (χ4n) is 10.9. The molecule has 0 amide bonds. The first kappa shape index (κ1) is 33.8. The molecule has 0 bridgehead atoms. The van der Waals surface area contributed by atoms with Crippen molar-refractivity contribution in [2.75, 3.05) is 0 Å². The van der Waals surface area contributed by atoms with E-state index in [0.29, 0.717) is 17.3 Å². The van der Waals surface area contributed by atoms with E-state index in [1.807, 2.05) is 0 Å². The highest BCUT2D eigenvalue weighted by molar-refractivity contribution is 5.69. The molecule has 3 fully saturated rings. The van der Waals surface area contributed by atoms with Gasteiger partial charge in [0.25, 0.3) is 0 Å². The molecule has 3 saturated carbocycles. The molecule has 0 aromatic carbocycles. The maximum absolute atomic E-state index is 12.7. The highest BCUT2D eigenvalue weighted by atomic mass is 16.5. The zero-order valence-corrected chi connectivity index (χ0v) is 28.9. The van der Waals surface area contributed by atoms with Gasteiger partial charge in [0.1, 0.15) is 6.10 Å². The summed E-state index contributed by atoms with van der Waals surface area (Å²) in [6.07, 6.45) is 29.3. The van der Waals surface area contributed by atoms with E-state index in [0.717, 1.165) is 67.1 Å². The molecule has 4 aliphatic rings. The van der Waals surface area contributed by atoms with Gasteiger partial charge in [-0.15, -0.1) is 0 Å². The lowest BCUT2D eigenvalue weighted by Crippen LogP contribution is -2.51. The Morgan fingerprint density at radius 2 is 1.74 bits per heavy atom. The predicted molar refractivity (Wildman–Crippen MR) is 179 cm³/mol. The average Bonchev–Trinajstić information content (AvgIpc) is 3.32. The van der Waals surface area contributed by atoms with Gasteiger partial charge in [-0.25, -0.2) is 0 Å². The normalized spacial score (nSPS) is 35.8. The summed E-state index contributed by atoms with van der Waals surface area (Å²) < 4.78 is 6.08. The van der Waals surface area contributed by atoms with E-state index in [2.05, 4.69) is 66.7 Å². The van der Waals surface area contributed by atoms with Crippen molar-refractivity contribution in [1.82, 2.24) is 0 Å². The van der Waals surface area contributed by atoms with Crippen LogP contribution in [0.15, 0.2) is 23.8 Å². The van der Waals surface area contributed by atoms with Gasteiger partial charge in [0.2, 0.25) is 0 Å². The molecule has 0 aromatic rings. The Morgan fingerprint density at radius 3 is 2.48 bits per heavy atom. The number of esters is 1. The molecule has 2 nitrogen and oxygen atoms in total. The summed E-state index contributed by atoms with van der Waals surface area (Å²) in [5, 5.41) is 0. The number of hydrogen-bond acceptors (Lipinski definition) is 2. The average molecular weight is 581 g/mol. The smallest absolute Gasteiger partial charge is 0.306 e. The second kappa shape index (κ2) is 15.3. The fraction of sp³-hybridized carbons (Fsp3) is 0.875. The van der Waals surface area contributed by atoms with E-state index in [4.69, 9.17) is 4.74 Å². The van der Waals surface area contributed by atoms with Crippen LogP contribution in [0.1, 0.15) is 164 Å². The van der Waals surface area contributed by atoms with Crippen molar-refractivity contribution in [3.63, 3.8) is 0 Å². The Balaban J connectivity index is 1.28. The molecular formula is C40H68O2. The zero-order chi connectivity index (χ0) is 30.3. The molecule has 42 heavy (non-hydrogen) atoms. The Hall–Kier alpha value is -1.05. The summed E-state index contributed by atoms with van der Waals surface area (Å²) in [7, 11) is 0. The number of unbranched alkanes of at least 4 members (excludes halogenated alkanes) is 5. The minimum atomic E-state index is 0.0463. The van der Waals surface area contributed by atoms with Gasteiger partial charge in [-0.1, -0.05) is 97.4 Å². The van der Waals surface area contributed by atoms with Crippen molar-refractivity contribution in [3.8, 4) is 0 Å². The van der Waals surface area contributed by atoms with Crippen LogP contribution in [0.2, 0.25) is 0 Å². The van der Waals surface area contributed by atoms with Gasteiger partial charge < -0.3 is 4.74 Å². The molecule has 2 heteroatoms. The number of rotatable bonds is 15. The Labute approximate surface area is 261 Å². The maximum Gasteiger partial charge on any atom is 0.306 e. The minimum absolute atomic E-state index is 0.0463. The van der Waals surface area contributed by atoms with E-state index < -0.39 is 0 Å². The third-order valence-corrected chi connectivity index (χ3v) is 13.6. The van der Waals surface area contributed by atoms with Crippen LogP contribution in [0.25, 0.3) is 0 Å². The first-order chi connectivity index (χ1) is 20.1. The van der Waals surface area contributed by atoms with Crippen molar-refractivity contribution in [2.24, 2.45) is 52.3 Å². The molecule has 4 rings (SSSR count). The van der Waals surface area contributed by atoms with Gasteiger partial charge in [-0.3, -0.25) is 4.79 Å².